The Morgan fingerprint density at radius 1 is 1.43 bits per heavy atom. The van der Waals surface area contributed by atoms with Gasteiger partial charge in [0.2, 0.25) is 0 Å². The fourth-order valence-electron chi connectivity index (χ4n) is 2.20. The van der Waals surface area contributed by atoms with Crippen LogP contribution in [0.2, 0.25) is 0 Å². The summed E-state index contributed by atoms with van der Waals surface area (Å²) < 4.78 is 9.87. The van der Waals surface area contributed by atoms with Gasteiger partial charge in [-0.25, -0.2) is 14.4 Å². The summed E-state index contributed by atoms with van der Waals surface area (Å²) in [4.78, 5) is 38.3. The van der Waals surface area contributed by atoms with Crippen molar-refractivity contribution in [3.8, 4) is 0 Å². The minimum Gasteiger partial charge on any atom is -0.480 e. The first-order chi connectivity index (χ1) is 9.77. The van der Waals surface area contributed by atoms with Crippen molar-refractivity contribution in [2.75, 3.05) is 33.4 Å². The van der Waals surface area contributed by atoms with Crippen molar-refractivity contribution in [1.82, 2.24) is 9.80 Å². The highest BCUT2D eigenvalue weighted by Gasteiger charge is 2.42. The summed E-state index contributed by atoms with van der Waals surface area (Å²) in [5, 5.41) is 9.28. The molecule has 1 atom stereocenters. The number of hydrogen-bond acceptors (Lipinski definition) is 5. The van der Waals surface area contributed by atoms with E-state index in [1.54, 1.807) is 6.92 Å². The molecule has 120 valence electrons. The van der Waals surface area contributed by atoms with Gasteiger partial charge < -0.3 is 24.4 Å². The van der Waals surface area contributed by atoms with E-state index in [-0.39, 0.29) is 19.7 Å². The normalized spacial score (nSPS) is 19.0. The van der Waals surface area contributed by atoms with E-state index >= 15 is 0 Å². The Balaban J connectivity index is 3.02. The maximum Gasteiger partial charge on any atom is 0.331 e. The Labute approximate surface area is 123 Å². The SMILES string of the molecule is CCN(C(=O)N1CCOCC1C(=O)OC)C(C)(C)C(=O)O. The molecular weight excluding hydrogens is 280 g/mol. The molecule has 0 spiro atoms. The molecule has 0 aliphatic carbocycles. The molecule has 1 unspecified atom stereocenters. The van der Waals surface area contributed by atoms with Gasteiger partial charge in [0.1, 0.15) is 5.54 Å². The molecule has 21 heavy (non-hydrogen) atoms. The molecule has 0 aromatic heterocycles. The number of morpholine rings is 1. The number of nitrogens with zero attached hydrogens (tertiary/aromatic N) is 2. The summed E-state index contributed by atoms with van der Waals surface area (Å²) in [7, 11) is 1.23. The molecule has 1 heterocycles. The monoisotopic (exact) mass is 302 g/mol. The number of rotatable bonds is 4. The van der Waals surface area contributed by atoms with Crippen molar-refractivity contribution >= 4 is 18.0 Å². The lowest BCUT2D eigenvalue weighted by atomic mass is 10.0. The third kappa shape index (κ3) is 3.44. The molecule has 8 nitrogen and oxygen atoms in total. The maximum absolute atomic E-state index is 12.6. The summed E-state index contributed by atoms with van der Waals surface area (Å²) in [5.74, 6) is -1.69. The fourth-order valence-corrected chi connectivity index (χ4v) is 2.20. The van der Waals surface area contributed by atoms with Gasteiger partial charge in [-0.2, -0.15) is 0 Å². The fraction of sp³-hybridized carbons (Fsp3) is 0.769. The molecule has 1 aliphatic heterocycles. The van der Waals surface area contributed by atoms with Gasteiger partial charge in [-0.15, -0.1) is 0 Å². The lowest BCUT2D eigenvalue weighted by molar-refractivity contribution is -0.152. The van der Waals surface area contributed by atoms with Gasteiger partial charge in [0.15, 0.2) is 6.04 Å². The Hall–Kier alpha value is -1.83. The number of urea groups is 1. The van der Waals surface area contributed by atoms with Crippen LogP contribution in [0.3, 0.4) is 0 Å². The second-order valence-corrected chi connectivity index (χ2v) is 5.20. The average molecular weight is 302 g/mol. The number of carbonyl (C=O) groups excluding carboxylic acids is 2. The van der Waals surface area contributed by atoms with Crippen LogP contribution in [0.4, 0.5) is 4.79 Å². The second kappa shape index (κ2) is 6.75. The summed E-state index contributed by atoms with van der Waals surface area (Å²) in [6.45, 7) is 5.35. The Morgan fingerprint density at radius 2 is 2.05 bits per heavy atom. The van der Waals surface area contributed by atoms with Gasteiger partial charge in [0.05, 0.1) is 20.3 Å². The van der Waals surface area contributed by atoms with Crippen LogP contribution in [0.15, 0.2) is 0 Å². The number of carboxylic acids is 1. The predicted octanol–water partition coefficient (Wildman–Crippen LogP) is 0.165. The van der Waals surface area contributed by atoms with E-state index in [1.165, 1.54) is 30.8 Å². The van der Waals surface area contributed by atoms with Crippen LogP contribution in [0, 0.1) is 0 Å². The summed E-state index contributed by atoms with van der Waals surface area (Å²) in [6, 6.07) is -1.36. The number of aliphatic carboxylic acids is 1. The number of amides is 2. The molecule has 2 amide bonds. The minimum atomic E-state index is -1.37. The zero-order valence-electron chi connectivity index (χ0n) is 12.8. The number of likely N-dealkylation sites (N-methyl/N-ethyl adjacent to an activating group) is 1. The topological polar surface area (TPSA) is 96.4 Å². The van der Waals surface area contributed by atoms with Crippen molar-refractivity contribution in [3.63, 3.8) is 0 Å². The molecule has 1 fully saturated rings. The standard InChI is InChI=1S/C13H22N2O6/c1-5-15(13(2,3)11(17)18)12(19)14-6-7-21-8-9(14)10(16)20-4/h9H,5-8H2,1-4H3,(H,17,18). The van der Waals surface area contributed by atoms with E-state index in [1.807, 2.05) is 0 Å². The average Bonchev–Trinajstić information content (AvgIpc) is 2.46. The van der Waals surface area contributed by atoms with Crippen molar-refractivity contribution in [3.05, 3.63) is 0 Å². The highest BCUT2D eigenvalue weighted by Crippen LogP contribution is 2.20. The maximum atomic E-state index is 12.6. The third-order valence-corrected chi connectivity index (χ3v) is 3.59. The molecule has 0 aromatic carbocycles. The van der Waals surface area contributed by atoms with Gasteiger partial charge in [0, 0.05) is 13.1 Å². The number of carboxylic acid groups (broad SMARTS) is 1. The molecular formula is C13H22N2O6. The molecule has 1 aliphatic rings. The van der Waals surface area contributed by atoms with Gasteiger partial charge in [-0.05, 0) is 20.8 Å². The van der Waals surface area contributed by atoms with E-state index in [0.29, 0.717) is 6.61 Å². The van der Waals surface area contributed by atoms with E-state index in [9.17, 15) is 19.5 Å². The number of ether oxygens (including phenoxy) is 2. The van der Waals surface area contributed by atoms with Crippen LogP contribution in [0.5, 0.6) is 0 Å². The Kier molecular flexibility index (Phi) is 5.54. The smallest absolute Gasteiger partial charge is 0.331 e. The van der Waals surface area contributed by atoms with Crippen molar-refractivity contribution < 1.29 is 29.0 Å². The molecule has 1 saturated heterocycles. The van der Waals surface area contributed by atoms with Crippen molar-refractivity contribution in [2.45, 2.75) is 32.4 Å². The molecule has 0 aromatic rings. The van der Waals surface area contributed by atoms with Crippen molar-refractivity contribution in [1.29, 1.82) is 0 Å². The first kappa shape index (κ1) is 17.2. The van der Waals surface area contributed by atoms with Crippen LogP contribution in [-0.2, 0) is 19.1 Å². The van der Waals surface area contributed by atoms with Crippen LogP contribution < -0.4 is 0 Å². The predicted molar refractivity (Wildman–Crippen MR) is 72.8 cm³/mol. The summed E-state index contributed by atoms with van der Waals surface area (Å²) in [5.41, 5.74) is -1.37. The minimum absolute atomic E-state index is 0.0451. The van der Waals surface area contributed by atoms with Crippen molar-refractivity contribution in [2.24, 2.45) is 0 Å². The van der Waals surface area contributed by atoms with E-state index in [2.05, 4.69) is 4.74 Å². The number of esters is 1. The van der Waals surface area contributed by atoms with Crippen LogP contribution in [-0.4, -0.2) is 77.9 Å². The van der Waals surface area contributed by atoms with Gasteiger partial charge in [-0.3, -0.25) is 0 Å². The largest absolute Gasteiger partial charge is 0.480 e. The van der Waals surface area contributed by atoms with Crippen LogP contribution in [0.25, 0.3) is 0 Å². The van der Waals surface area contributed by atoms with E-state index in [4.69, 9.17) is 4.74 Å². The second-order valence-electron chi connectivity index (χ2n) is 5.20. The zero-order valence-corrected chi connectivity index (χ0v) is 12.8. The number of methoxy groups -OCH3 is 1. The molecule has 8 heteroatoms. The molecule has 1 rings (SSSR count). The third-order valence-electron chi connectivity index (χ3n) is 3.59. The van der Waals surface area contributed by atoms with Gasteiger partial charge in [-0.1, -0.05) is 0 Å². The van der Waals surface area contributed by atoms with E-state index in [0.717, 1.165) is 0 Å². The first-order valence-corrected chi connectivity index (χ1v) is 6.74. The molecule has 0 radical (unpaired) electrons. The zero-order chi connectivity index (χ0) is 16.2. The molecule has 1 N–H and O–H groups in total. The Morgan fingerprint density at radius 3 is 2.52 bits per heavy atom. The lowest BCUT2D eigenvalue weighted by Crippen LogP contribution is -2.62. The first-order valence-electron chi connectivity index (χ1n) is 6.74. The Bertz CT molecular complexity index is 423. The number of hydrogen-bond donors (Lipinski definition) is 1. The highest BCUT2D eigenvalue weighted by molar-refractivity contribution is 5.88. The highest BCUT2D eigenvalue weighted by atomic mass is 16.5. The summed E-state index contributed by atoms with van der Waals surface area (Å²) in [6.07, 6.45) is 0. The quantitative estimate of drug-likeness (QED) is 0.743. The number of carbonyl (C=O) groups is 3. The van der Waals surface area contributed by atoms with E-state index < -0.39 is 29.6 Å². The van der Waals surface area contributed by atoms with Gasteiger partial charge in [0.25, 0.3) is 0 Å². The molecule has 0 bridgehead atoms. The summed E-state index contributed by atoms with van der Waals surface area (Å²) >= 11 is 0. The van der Waals surface area contributed by atoms with Crippen LogP contribution in [0.1, 0.15) is 20.8 Å². The van der Waals surface area contributed by atoms with Gasteiger partial charge >= 0.3 is 18.0 Å². The van der Waals surface area contributed by atoms with Crippen LogP contribution >= 0.6 is 0 Å². The molecule has 0 saturated carbocycles. The lowest BCUT2D eigenvalue weighted by Gasteiger charge is -2.41.